The Balaban J connectivity index is 1.49. The molecule has 0 saturated heterocycles. The maximum absolute atomic E-state index is 5.56. The lowest BCUT2D eigenvalue weighted by Gasteiger charge is -2.26. The summed E-state index contributed by atoms with van der Waals surface area (Å²) < 4.78 is 22.0. The Morgan fingerprint density at radius 2 is 1.25 bits per heavy atom. The van der Waals surface area contributed by atoms with E-state index in [4.69, 9.17) is 18.9 Å². The smallest absolute Gasteiger partial charge is 0.231 e. The molecule has 2 aliphatic heterocycles. The summed E-state index contributed by atoms with van der Waals surface area (Å²) >= 11 is 7.38. The van der Waals surface area contributed by atoms with E-state index in [0.29, 0.717) is 25.4 Å². The van der Waals surface area contributed by atoms with E-state index in [1.165, 1.54) is 24.0 Å². The third-order valence-electron chi connectivity index (χ3n) is 5.44. The molecule has 0 amide bonds. The molecule has 0 N–H and O–H groups in total. The molecule has 4 nitrogen and oxygen atoms in total. The molecule has 0 bridgehead atoms. The van der Waals surface area contributed by atoms with E-state index in [2.05, 4.69) is 56.1 Å². The molecule has 0 saturated carbocycles. The van der Waals surface area contributed by atoms with Gasteiger partial charge in [-0.1, -0.05) is 44.0 Å². The van der Waals surface area contributed by atoms with E-state index in [9.17, 15) is 0 Å². The molecule has 2 aliphatic rings. The van der Waals surface area contributed by atoms with Gasteiger partial charge in [0, 0.05) is 10.7 Å². The van der Waals surface area contributed by atoms with Crippen LogP contribution in [0.4, 0.5) is 0 Å². The molecule has 150 valence electrons. The van der Waals surface area contributed by atoms with Crippen LogP contribution in [0.3, 0.4) is 0 Å². The van der Waals surface area contributed by atoms with Crippen molar-refractivity contribution in [2.75, 3.05) is 24.2 Å². The lowest BCUT2D eigenvalue weighted by Crippen LogP contribution is -2.21. The van der Waals surface area contributed by atoms with E-state index in [-0.39, 0.29) is 0 Å². The molecule has 0 radical (unpaired) electrons. The summed E-state index contributed by atoms with van der Waals surface area (Å²) in [7, 11) is 0. The standard InChI is InChI=1S/C22H24Br2O4/c23-7-1-2-17(8-15-3-5-19-21(10-15)27-13-25-19)18(12-24)9-16-4-6-20-22(11-16)28-14-26-20/h3-6,10-11,17-18H,1-2,7-9,12-14H2/t17-,18+/m1/s1. The van der Waals surface area contributed by atoms with Gasteiger partial charge < -0.3 is 18.9 Å². The van der Waals surface area contributed by atoms with Crippen LogP contribution in [0.2, 0.25) is 0 Å². The SMILES string of the molecule is BrCCC[C@H](Cc1ccc2c(c1)OCO2)[C@H](CBr)Cc1ccc2c(c1)OCO2. The first kappa shape index (κ1) is 19.9. The third kappa shape index (κ3) is 4.60. The highest BCUT2D eigenvalue weighted by molar-refractivity contribution is 9.09. The zero-order valence-electron chi connectivity index (χ0n) is 15.7. The second kappa shape index (κ2) is 9.40. The molecule has 0 spiro atoms. The number of fused-ring (bicyclic) bond motifs is 2. The van der Waals surface area contributed by atoms with E-state index >= 15 is 0 Å². The van der Waals surface area contributed by atoms with Gasteiger partial charge in [0.1, 0.15) is 0 Å². The summed E-state index contributed by atoms with van der Waals surface area (Å²) in [5.74, 6) is 4.52. The fourth-order valence-corrected chi connectivity index (χ4v) is 5.01. The number of alkyl halides is 2. The van der Waals surface area contributed by atoms with Crippen molar-refractivity contribution >= 4 is 31.9 Å². The van der Waals surface area contributed by atoms with Gasteiger partial charge in [0.15, 0.2) is 23.0 Å². The predicted molar refractivity (Wildman–Crippen MR) is 116 cm³/mol. The summed E-state index contributed by atoms with van der Waals surface area (Å²) in [6.07, 6.45) is 4.39. The molecular formula is C22H24Br2O4. The van der Waals surface area contributed by atoms with E-state index in [1.54, 1.807) is 0 Å². The van der Waals surface area contributed by atoms with Crippen molar-refractivity contribution in [2.24, 2.45) is 11.8 Å². The fourth-order valence-electron chi connectivity index (χ4n) is 3.93. The Morgan fingerprint density at radius 3 is 1.79 bits per heavy atom. The number of ether oxygens (including phenoxy) is 4. The van der Waals surface area contributed by atoms with Gasteiger partial charge in [0.05, 0.1) is 0 Å². The topological polar surface area (TPSA) is 36.9 Å². The number of hydrogen-bond donors (Lipinski definition) is 0. The Hall–Kier alpha value is -1.40. The van der Waals surface area contributed by atoms with Crippen LogP contribution in [0.5, 0.6) is 23.0 Å². The van der Waals surface area contributed by atoms with Crippen molar-refractivity contribution in [1.29, 1.82) is 0 Å². The van der Waals surface area contributed by atoms with E-state index in [0.717, 1.165) is 46.5 Å². The minimum atomic E-state index is 0.318. The van der Waals surface area contributed by atoms with Crippen molar-refractivity contribution in [1.82, 2.24) is 0 Å². The van der Waals surface area contributed by atoms with Gasteiger partial charge in [0.25, 0.3) is 0 Å². The van der Waals surface area contributed by atoms with Crippen LogP contribution in [0.15, 0.2) is 36.4 Å². The number of benzene rings is 2. The molecule has 2 aromatic carbocycles. The maximum Gasteiger partial charge on any atom is 0.231 e. The molecule has 4 rings (SSSR count). The van der Waals surface area contributed by atoms with Crippen molar-refractivity contribution in [3.63, 3.8) is 0 Å². The van der Waals surface area contributed by atoms with Gasteiger partial charge in [-0.25, -0.2) is 0 Å². The quantitative estimate of drug-likeness (QED) is 0.403. The summed E-state index contributed by atoms with van der Waals surface area (Å²) in [6.45, 7) is 0.637. The first-order valence-corrected chi connectivity index (χ1v) is 11.9. The first-order chi connectivity index (χ1) is 13.8. The monoisotopic (exact) mass is 510 g/mol. The lowest BCUT2D eigenvalue weighted by atomic mass is 9.81. The number of rotatable bonds is 9. The summed E-state index contributed by atoms with van der Waals surface area (Å²) in [5.41, 5.74) is 2.60. The minimum Gasteiger partial charge on any atom is -0.454 e. The highest BCUT2D eigenvalue weighted by Crippen LogP contribution is 2.37. The van der Waals surface area contributed by atoms with Crippen LogP contribution in [-0.2, 0) is 12.8 Å². The molecule has 28 heavy (non-hydrogen) atoms. The van der Waals surface area contributed by atoms with Crippen LogP contribution >= 0.6 is 31.9 Å². The molecular weight excluding hydrogens is 488 g/mol. The molecule has 2 aromatic rings. The average molecular weight is 512 g/mol. The van der Waals surface area contributed by atoms with Crippen molar-refractivity contribution in [3.8, 4) is 23.0 Å². The Bertz CT molecular complexity index is 811. The van der Waals surface area contributed by atoms with Gasteiger partial charge in [-0.05, 0) is 72.9 Å². The maximum atomic E-state index is 5.56. The van der Waals surface area contributed by atoms with Crippen molar-refractivity contribution in [2.45, 2.75) is 25.7 Å². The van der Waals surface area contributed by atoms with E-state index < -0.39 is 0 Å². The zero-order chi connectivity index (χ0) is 19.3. The lowest BCUT2D eigenvalue weighted by molar-refractivity contribution is 0.173. The Labute approximate surface area is 182 Å². The van der Waals surface area contributed by atoms with Gasteiger partial charge >= 0.3 is 0 Å². The summed E-state index contributed by atoms with van der Waals surface area (Å²) in [6, 6.07) is 12.6. The molecule has 2 heterocycles. The highest BCUT2D eigenvalue weighted by atomic mass is 79.9. The molecule has 2 atom stereocenters. The first-order valence-electron chi connectivity index (χ1n) is 9.66. The summed E-state index contributed by atoms with van der Waals surface area (Å²) in [4.78, 5) is 0. The van der Waals surface area contributed by atoms with Crippen molar-refractivity contribution in [3.05, 3.63) is 47.5 Å². The second-order valence-electron chi connectivity index (χ2n) is 7.29. The van der Waals surface area contributed by atoms with Crippen LogP contribution in [0, 0.1) is 11.8 Å². The fraction of sp³-hybridized carbons (Fsp3) is 0.455. The van der Waals surface area contributed by atoms with Crippen LogP contribution in [0.1, 0.15) is 24.0 Å². The minimum absolute atomic E-state index is 0.318. The van der Waals surface area contributed by atoms with Gasteiger partial charge in [-0.2, -0.15) is 0 Å². The molecule has 0 unspecified atom stereocenters. The number of halogens is 2. The predicted octanol–water partition coefficient (Wildman–Crippen LogP) is 5.73. The molecule has 0 fully saturated rings. The van der Waals surface area contributed by atoms with Crippen LogP contribution in [-0.4, -0.2) is 24.2 Å². The largest absolute Gasteiger partial charge is 0.454 e. The summed E-state index contributed by atoms with van der Waals surface area (Å²) in [5, 5.41) is 2.00. The molecule has 0 aromatic heterocycles. The van der Waals surface area contributed by atoms with Gasteiger partial charge in [-0.3, -0.25) is 0 Å². The van der Waals surface area contributed by atoms with Crippen LogP contribution < -0.4 is 18.9 Å². The van der Waals surface area contributed by atoms with E-state index in [1.807, 2.05) is 12.1 Å². The third-order valence-corrected chi connectivity index (χ3v) is 6.84. The second-order valence-corrected chi connectivity index (χ2v) is 8.73. The van der Waals surface area contributed by atoms with Crippen molar-refractivity contribution < 1.29 is 18.9 Å². The average Bonchev–Trinajstić information content (AvgIpc) is 3.37. The Kier molecular flexibility index (Phi) is 6.68. The zero-order valence-corrected chi connectivity index (χ0v) is 18.8. The molecule has 6 heteroatoms. The van der Waals surface area contributed by atoms with Gasteiger partial charge in [-0.15, -0.1) is 0 Å². The Morgan fingerprint density at radius 1 is 0.714 bits per heavy atom. The van der Waals surface area contributed by atoms with Crippen LogP contribution in [0.25, 0.3) is 0 Å². The normalized spacial score (nSPS) is 16.2. The highest BCUT2D eigenvalue weighted by Gasteiger charge is 2.24. The van der Waals surface area contributed by atoms with Gasteiger partial charge in [0.2, 0.25) is 13.6 Å². The molecule has 0 aliphatic carbocycles. The number of hydrogen-bond acceptors (Lipinski definition) is 4.